The Kier molecular flexibility index (Phi) is 5.28. The Hall–Kier alpha value is -1.79. The van der Waals surface area contributed by atoms with E-state index in [1.807, 2.05) is 6.07 Å². The van der Waals surface area contributed by atoms with Gasteiger partial charge in [0.15, 0.2) is 5.58 Å². The van der Waals surface area contributed by atoms with Crippen molar-refractivity contribution in [1.29, 1.82) is 0 Å². The highest BCUT2D eigenvalue weighted by atomic mass is 35.5. The standard InChI is InChI=1S/C20H26ClN3O3/c1-14-3-2-8-23(12-14)19(25)15-6-9-22(10-7-15)13-24-17-5-4-16(21)11-18(17)27-20(24)26/h4-5,11,14-15H,2-3,6-10,12-13H2,1H3. The maximum absolute atomic E-state index is 12.8. The summed E-state index contributed by atoms with van der Waals surface area (Å²) in [6, 6.07) is 5.25. The lowest BCUT2D eigenvalue weighted by atomic mass is 9.93. The van der Waals surface area contributed by atoms with Crippen LogP contribution in [0, 0.1) is 11.8 Å². The highest BCUT2D eigenvalue weighted by Gasteiger charge is 2.30. The molecule has 1 aromatic carbocycles. The van der Waals surface area contributed by atoms with Crippen LogP contribution in [0.4, 0.5) is 0 Å². The SMILES string of the molecule is CC1CCCN(C(=O)C2CCN(Cn3c(=O)oc4cc(Cl)ccc43)CC2)C1. The molecule has 0 radical (unpaired) electrons. The first kappa shape index (κ1) is 18.6. The van der Waals surface area contributed by atoms with E-state index in [4.69, 9.17) is 16.0 Å². The lowest BCUT2D eigenvalue weighted by Crippen LogP contribution is -2.46. The molecule has 2 aromatic rings. The third-order valence-corrected chi connectivity index (χ3v) is 6.11. The van der Waals surface area contributed by atoms with Crippen molar-refractivity contribution in [2.75, 3.05) is 26.2 Å². The highest BCUT2D eigenvalue weighted by Crippen LogP contribution is 2.24. The molecule has 0 N–H and O–H groups in total. The van der Waals surface area contributed by atoms with Gasteiger partial charge in [0.25, 0.3) is 0 Å². The van der Waals surface area contributed by atoms with Crippen LogP contribution in [0.2, 0.25) is 5.02 Å². The molecular weight excluding hydrogens is 366 g/mol. The molecule has 2 fully saturated rings. The molecule has 1 aromatic heterocycles. The molecule has 0 saturated carbocycles. The van der Waals surface area contributed by atoms with Gasteiger partial charge in [-0.15, -0.1) is 0 Å². The normalized spacial score (nSPS) is 22.4. The Labute approximate surface area is 163 Å². The fraction of sp³-hybridized carbons (Fsp3) is 0.600. The van der Waals surface area contributed by atoms with Gasteiger partial charge in [0.1, 0.15) is 0 Å². The van der Waals surface area contributed by atoms with Gasteiger partial charge < -0.3 is 9.32 Å². The minimum atomic E-state index is -0.368. The summed E-state index contributed by atoms with van der Waals surface area (Å²) in [6.45, 7) is 6.14. The van der Waals surface area contributed by atoms with E-state index < -0.39 is 0 Å². The molecule has 146 valence electrons. The Morgan fingerprint density at radius 2 is 2.00 bits per heavy atom. The summed E-state index contributed by atoms with van der Waals surface area (Å²) >= 11 is 5.97. The molecule has 3 heterocycles. The largest absolute Gasteiger partial charge is 0.421 e. The van der Waals surface area contributed by atoms with Gasteiger partial charge in [0, 0.05) is 43.2 Å². The van der Waals surface area contributed by atoms with Crippen molar-refractivity contribution in [1.82, 2.24) is 14.4 Å². The van der Waals surface area contributed by atoms with Crippen molar-refractivity contribution >= 4 is 28.6 Å². The van der Waals surface area contributed by atoms with Crippen molar-refractivity contribution in [2.24, 2.45) is 11.8 Å². The van der Waals surface area contributed by atoms with Crippen LogP contribution in [0.5, 0.6) is 0 Å². The second-order valence-electron chi connectivity index (χ2n) is 7.97. The highest BCUT2D eigenvalue weighted by molar-refractivity contribution is 6.31. The van der Waals surface area contributed by atoms with E-state index in [1.165, 1.54) is 6.42 Å². The number of fused-ring (bicyclic) bond motifs is 1. The molecule has 0 bridgehead atoms. The predicted molar refractivity (Wildman–Crippen MR) is 105 cm³/mol. The van der Waals surface area contributed by atoms with Crippen LogP contribution in [0.1, 0.15) is 32.6 Å². The van der Waals surface area contributed by atoms with Gasteiger partial charge in [-0.25, -0.2) is 4.79 Å². The van der Waals surface area contributed by atoms with Gasteiger partial charge in [-0.05, 0) is 43.7 Å². The predicted octanol–water partition coefficient (Wildman–Crippen LogP) is 3.18. The maximum atomic E-state index is 12.8. The number of nitrogens with zero attached hydrogens (tertiary/aromatic N) is 3. The third kappa shape index (κ3) is 3.92. The number of carbonyl (C=O) groups is 1. The summed E-state index contributed by atoms with van der Waals surface area (Å²) in [6.07, 6.45) is 4.03. The Bertz CT molecular complexity index is 882. The van der Waals surface area contributed by atoms with Gasteiger partial charge in [-0.3, -0.25) is 14.3 Å². The number of carbonyl (C=O) groups excluding carboxylic acids is 1. The van der Waals surface area contributed by atoms with E-state index in [0.717, 1.165) is 51.0 Å². The average molecular weight is 392 g/mol. The van der Waals surface area contributed by atoms with Gasteiger partial charge in [-0.1, -0.05) is 18.5 Å². The summed E-state index contributed by atoms with van der Waals surface area (Å²) in [7, 11) is 0. The van der Waals surface area contributed by atoms with Crippen LogP contribution in [0.25, 0.3) is 11.1 Å². The smallest absolute Gasteiger partial charge is 0.408 e. The molecule has 2 saturated heterocycles. The Morgan fingerprint density at radius 3 is 2.74 bits per heavy atom. The quantitative estimate of drug-likeness (QED) is 0.806. The number of hydrogen-bond acceptors (Lipinski definition) is 4. The zero-order valence-electron chi connectivity index (χ0n) is 15.7. The van der Waals surface area contributed by atoms with Crippen LogP contribution in [0.15, 0.2) is 27.4 Å². The van der Waals surface area contributed by atoms with Gasteiger partial charge in [-0.2, -0.15) is 0 Å². The number of amides is 1. The fourth-order valence-corrected chi connectivity index (χ4v) is 4.51. The Morgan fingerprint density at radius 1 is 1.22 bits per heavy atom. The number of aromatic nitrogens is 1. The summed E-state index contributed by atoms with van der Waals surface area (Å²) in [5.41, 5.74) is 1.27. The molecule has 1 amide bonds. The summed E-state index contributed by atoms with van der Waals surface area (Å²) in [5, 5.41) is 0.551. The number of piperidine rings is 2. The zero-order chi connectivity index (χ0) is 19.0. The first-order valence-electron chi connectivity index (χ1n) is 9.81. The lowest BCUT2D eigenvalue weighted by Gasteiger charge is -2.37. The first-order valence-corrected chi connectivity index (χ1v) is 10.2. The minimum Gasteiger partial charge on any atom is -0.408 e. The van der Waals surface area contributed by atoms with Crippen molar-refractivity contribution in [2.45, 2.75) is 39.3 Å². The molecule has 7 heteroatoms. The summed E-state index contributed by atoms with van der Waals surface area (Å²) < 4.78 is 6.94. The van der Waals surface area contributed by atoms with Gasteiger partial charge in [0.2, 0.25) is 5.91 Å². The van der Waals surface area contributed by atoms with Gasteiger partial charge in [0.05, 0.1) is 12.2 Å². The molecular formula is C20H26ClN3O3. The topological polar surface area (TPSA) is 58.7 Å². The lowest BCUT2D eigenvalue weighted by molar-refractivity contribution is -0.139. The molecule has 2 aliphatic rings. The maximum Gasteiger partial charge on any atom is 0.421 e. The van der Waals surface area contributed by atoms with Crippen LogP contribution >= 0.6 is 11.6 Å². The molecule has 1 atom stereocenters. The number of halogens is 1. The minimum absolute atomic E-state index is 0.114. The van der Waals surface area contributed by atoms with E-state index in [2.05, 4.69) is 16.7 Å². The van der Waals surface area contributed by atoms with E-state index in [-0.39, 0.29) is 11.7 Å². The van der Waals surface area contributed by atoms with Crippen molar-refractivity contribution in [3.63, 3.8) is 0 Å². The fourth-order valence-electron chi connectivity index (χ4n) is 4.34. The van der Waals surface area contributed by atoms with Crippen LogP contribution in [-0.2, 0) is 11.5 Å². The van der Waals surface area contributed by atoms with Crippen molar-refractivity contribution in [3.05, 3.63) is 33.8 Å². The second kappa shape index (κ2) is 7.68. The molecule has 1 unspecified atom stereocenters. The zero-order valence-corrected chi connectivity index (χ0v) is 16.5. The Balaban J connectivity index is 1.38. The second-order valence-corrected chi connectivity index (χ2v) is 8.41. The van der Waals surface area contributed by atoms with E-state index in [1.54, 1.807) is 16.7 Å². The number of likely N-dealkylation sites (tertiary alicyclic amines) is 2. The van der Waals surface area contributed by atoms with E-state index >= 15 is 0 Å². The van der Waals surface area contributed by atoms with Crippen LogP contribution < -0.4 is 5.76 Å². The van der Waals surface area contributed by atoms with Crippen LogP contribution in [0.3, 0.4) is 0 Å². The number of hydrogen-bond donors (Lipinski definition) is 0. The molecule has 0 aliphatic carbocycles. The molecule has 27 heavy (non-hydrogen) atoms. The van der Waals surface area contributed by atoms with E-state index in [0.29, 0.717) is 29.1 Å². The third-order valence-electron chi connectivity index (χ3n) is 5.88. The molecule has 4 rings (SSSR count). The molecule has 0 spiro atoms. The number of rotatable bonds is 3. The van der Waals surface area contributed by atoms with Crippen molar-refractivity contribution in [3.8, 4) is 0 Å². The van der Waals surface area contributed by atoms with Crippen LogP contribution in [-0.4, -0.2) is 46.5 Å². The summed E-state index contributed by atoms with van der Waals surface area (Å²) in [4.78, 5) is 29.3. The monoisotopic (exact) mass is 391 g/mol. The number of oxazole rings is 1. The molecule has 6 nitrogen and oxygen atoms in total. The van der Waals surface area contributed by atoms with Crippen molar-refractivity contribution < 1.29 is 9.21 Å². The number of benzene rings is 1. The first-order chi connectivity index (χ1) is 13.0. The molecule has 2 aliphatic heterocycles. The van der Waals surface area contributed by atoms with Gasteiger partial charge >= 0.3 is 5.76 Å². The average Bonchev–Trinajstić information content (AvgIpc) is 2.96. The van der Waals surface area contributed by atoms with E-state index in [9.17, 15) is 9.59 Å². The summed E-state index contributed by atoms with van der Waals surface area (Å²) in [5.74, 6) is 0.676.